The van der Waals surface area contributed by atoms with Crippen molar-refractivity contribution in [3.05, 3.63) is 35.1 Å². The van der Waals surface area contributed by atoms with Crippen molar-refractivity contribution in [2.75, 3.05) is 0 Å². The molecule has 0 spiro atoms. The van der Waals surface area contributed by atoms with Gasteiger partial charge in [-0.2, -0.15) is 13.2 Å². The lowest BCUT2D eigenvalue weighted by atomic mass is 10.0. The molecule has 1 amide bonds. The molecule has 0 aliphatic heterocycles. The monoisotopic (exact) mass is 335 g/mol. The minimum atomic E-state index is -4.74. The summed E-state index contributed by atoms with van der Waals surface area (Å²) >= 11 is 0. The first-order valence-electron chi connectivity index (χ1n) is 6.73. The summed E-state index contributed by atoms with van der Waals surface area (Å²) in [5.41, 5.74) is -2.20. The average molecular weight is 335 g/mol. The lowest BCUT2D eigenvalue weighted by Crippen LogP contribution is -2.35. The highest BCUT2D eigenvalue weighted by Gasteiger charge is 2.32. The van der Waals surface area contributed by atoms with E-state index in [1.54, 1.807) is 20.8 Å². The third-order valence-electron chi connectivity index (χ3n) is 2.67. The van der Waals surface area contributed by atoms with Gasteiger partial charge in [0.25, 0.3) is 0 Å². The van der Waals surface area contributed by atoms with E-state index >= 15 is 0 Å². The number of carbonyl (C=O) groups excluding carboxylic acids is 2. The van der Waals surface area contributed by atoms with Gasteiger partial charge in [-0.15, -0.1) is 0 Å². The van der Waals surface area contributed by atoms with Crippen LogP contribution >= 0.6 is 0 Å². The number of nitrogens with one attached hydrogen (secondary N) is 1. The number of hydrogen-bond acceptors (Lipinski definition) is 3. The summed E-state index contributed by atoms with van der Waals surface area (Å²) in [6, 6.07) is 0.740. The van der Waals surface area contributed by atoms with Crippen LogP contribution in [0.5, 0.6) is 0 Å². The summed E-state index contributed by atoms with van der Waals surface area (Å²) in [5, 5.41) is 2.27. The molecule has 0 saturated carbocycles. The summed E-state index contributed by atoms with van der Waals surface area (Å²) < 4.78 is 56.6. The van der Waals surface area contributed by atoms with Gasteiger partial charge in [0.15, 0.2) is 0 Å². The van der Waals surface area contributed by atoms with Crippen LogP contribution in [0, 0.1) is 5.82 Å². The third-order valence-corrected chi connectivity index (χ3v) is 2.67. The highest BCUT2D eigenvalue weighted by molar-refractivity contribution is 5.69. The second-order valence-electron chi connectivity index (χ2n) is 5.87. The van der Waals surface area contributed by atoms with Gasteiger partial charge in [-0.05, 0) is 44.5 Å². The van der Waals surface area contributed by atoms with E-state index in [4.69, 9.17) is 4.74 Å². The number of hydrogen-bond donors (Lipinski definition) is 1. The topological polar surface area (TPSA) is 55.4 Å². The molecular weight excluding hydrogens is 318 g/mol. The van der Waals surface area contributed by atoms with Crippen LogP contribution in [0.15, 0.2) is 18.2 Å². The second-order valence-corrected chi connectivity index (χ2v) is 5.87. The van der Waals surface area contributed by atoms with Crippen molar-refractivity contribution in [2.24, 2.45) is 0 Å². The quantitative estimate of drug-likeness (QED) is 0.668. The zero-order valence-electron chi connectivity index (χ0n) is 12.8. The van der Waals surface area contributed by atoms with Gasteiger partial charge in [0.2, 0.25) is 0 Å². The Balaban J connectivity index is 3.08. The number of amides is 1. The summed E-state index contributed by atoms with van der Waals surface area (Å²) in [6.07, 6.45) is -5.56. The molecule has 0 aliphatic carbocycles. The number of aldehydes is 1. The minimum absolute atomic E-state index is 0.171. The van der Waals surface area contributed by atoms with Crippen molar-refractivity contribution in [1.29, 1.82) is 0 Å². The van der Waals surface area contributed by atoms with E-state index in [-0.39, 0.29) is 12.0 Å². The molecule has 0 bridgehead atoms. The standard InChI is InChI=1S/C15H17F4NO3/c1-14(2,3)23-13(22)20-12(4-5-21)9-6-10(15(17,18)19)8-11(16)7-9/h5-8,12H,4H2,1-3H3,(H,20,22)/t12-/m1/s1. The molecule has 1 atom stereocenters. The number of carbonyl (C=O) groups is 2. The molecule has 0 unspecified atom stereocenters. The first kappa shape index (κ1) is 18.9. The molecule has 0 aromatic heterocycles. The lowest BCUT2D eigenvalue weighted by Gasteiger charge is -2.23. The lowest BCUT2D eigenvalue weighted by molar-refractivity contribution is -0.137. The Morgan fingerprint density at radius 3 is 2.35 bits per heavy atom. The predicted molar refractivity (Wildman–Crippen MR) is 74.2 cm³/mol. The Labute approximate surface area is 130 Å². The third kappa shape index (κ3) is 6.25. The summed E-state index contributed by atoms with van der Waals surface area (Å²) in [6.45, 7) is 4.81. The van der Waals surface area contributed by atoms with Gasteiger partial charge < -0.3 is 14.8 Å². The van der Waals surface area contributed by atoms with Crippen molar-refractivity contribution in [2.45, 2.75) is 45.0 Å². The largest absolute Gasteiger partial charge is 0.444 e. The highest BCUT2D eigenvalue weighted by atomic mass is 19.4. The van der Waals surface area contributed by atoms with E-state index in [0.717, 1.165) is 6.07 Å². The van der Waals surface area contributed by atoms with E-state index < -0.39 is 35.3 Å². The smallest absolute Gasteiger partial charge is 0.416 e. The number of halogens is 4. The summed E-state index contributed by atoms with van der Waals surface area (Å²) in [7, 11) is 0. The van der Waals surface area contributed by atoms with Gasteiger partial charge >= 0.3 is 12.3 Å². The maximum absolute atomic E-state index is 13.4. The molecule has 0 aliphatic rings. The summed E-state index contributed by atoms with van der Waals surface area (Å²) in [5.74, 6) is -1.11. The molecule has 0 heterocycles. The van der Waals surface area contributed by atoms with Gasteiger partial charge in [0.1, 0.15) is 17.7 Å². The molecule has 1 rings (SSSR count). The SMILES string of the molecule is CC(C)(C)OC(=O)N[C@H](CC=O)c1cc(F)cc(C(F)(F)F)c1. The molecule has 1 aromatic carbocycles. The predicted octanol–water partition coefficient (Wildman–Crippen LogP) is 4.00. The fourth-order valence-electron chi connectivity index (χ4n) is 1.80. The molecule has 1 aromatic rings. The number of alkyl halides is 3. The van der Waals surface area contributed by atoms with E-state index in [1.807, 2.05) is 0 Å². The van der Waals surface area contributed by atoms with Crippen molar-refractivity contribution in [3.63, 3.8) is 0 Å². The number of rotatable bonds is 4. The van der Waals surface area contributed by atoms with Gasteiger partial charge in [-0.1, -0.05) is 0 Å². The van der Waals surface area contributed by atoms with Crippen molar-refractivity contribution >= 4 is 12.4 Å². The van der Waals surface area contributed by atoms with Crippen LogP contribution in [0.3, 0.4) is 0 Å². The van der Waals surface area contributed by atoms with Crippen LogP contribution in [-0.4, -0.2) is 18.0 Å². The number of ether oxygens (including phenoxy) is 1. The Morgan fingerprint density at radius 2 is 1.87 bits per heavy atom. The van der Waals surface area contributed by atoms with Gasteiger partial charge in [0, 0.05) is 6.42 Å². The molecule has 1 N–H and O–H groups in total. The fraction of sp³-hybridized carbons (Fsp3) is 0.467. The average Bonchev–Trinajstić information content (AvgIpc) is 2.34. The maximum atomic E-state index is 13.4. The van der Waals surface area contributed by atoms with Gasteiger partial charge in [-0.25, -0.2) is 9.18 Å². The van der Waals surface area contributed by atoms with Crippen LogP contribution in [0.1, 0.15) is 44.4 Å². The molecule has 8 heteroatoms. The van der Waals surface area contributed by atoms with Crippen LogP contribution < -0.4 is 5.32 Å². The highest BCUT2D eigenvalue weighted by Crippen LogP contribution is 2.32. The van der Waals surface area contributed by atoms with Gasteiger partial charge in [-0.3, -0.25) is 0 Å². The second kappa shape index (κ2) is 6.97. The number of benzene rings is 1. The van der Waals surface area contributed by atoms with Crippen LogP contribution in [0.2, 0.25) is 0 Å². The zero-order chi connectivity index (χ0) is 17.8. The normalized spacial score (nSPS) is 13.3. The Bertz CT molecular complexity index is 579. The minimum Gasteiger partial charge on any atom is -0.444 e. The summed E-state index contributed by atoms with van der Waals surface area (Å²) in [4.78, 5) is 22.4. The molecule has 23 heavy (non-hydrogen) atoms. The van der Waals surface area contributed by atoms with Crippen LogP contribution in [-0.2, 0) is 15.7 Å². The molecule has 0 fully saturated rings. The molecule has 0 radical (unpaired) electrons. The molecular formula is C15H17F4NO3. The van der Waals surface area contributed by atoms with Crippen molar-refractivity contribution < 1.29 is 31.9 Å². The van der Waals surface area contributed by atoms with E-state index in [9.17, 15) is 27.2 Å². The van der Waals surface area contributed by atoms with Crippen molar-refractivity contribution in [1.82, 2.24) is 5.32 Å². The maximum Gasteiger partial charge on any atom is 0.416 e. The zero-order valence-corrected chi connectivity index (χ0v) is 12.8. The fourth-order valence-corrected chi connectivity index (χ4v) is 1.80. The first-order chi connectivity index (χ1) is 10.4. The van der Waals surface area contributed by atoms with Gasteiger partial charge in [0.05, 0.1) is 11.6 Å². The molecule has 4 nitrogen and oxygen atoms in total. The van der Waals surface area contributed by atoms with Crippen LogP contribution in [0.4, 0.5) is 22.4 Å². The van der Waals surface area contributed by atoms with E-state index in [2.05, 4.69) is 5.32 Å². The Hall–Kier alpha value is -2.12. The van der Waals surface area contributed by atoms with E-state index in [0.29, 0.717) is 18.4 Å². The van der Waals surface area contributed by atoms with Crippen LogP contribution in [0.25, 0.3) is 0 Å². The van der Waals surface area contributed by atoms with E-state index in [1.165, 1.54) is 0 Å². The first-order valence-corrected chi connectivity index (χ1v) is 6.73. The number of alkyl carbamates (subject to hydrolysis) is 1. The molecule has 128 valence electrons. The van der Waals surface area contributed by atoms with Crippen molar-refractivity contribution in [3.8, 4) is 0 Å². The Morgan fingerprint density at radius 1 is 1.26 bits per heavy atom. The Kier molecular flexibility index (Phi) is 5.74. The molecule has 0 saturated heterocycles.